The number of rotatable bonds is 4. The Morgan fingerprint density at radius 1 is 1.00 bits per heavy atom. The average molecular weight is 451 g/mol. The van der Waals surface area contributed by atoms with Gasteiger partial charge in [0.15, 0.2) is 5.82 Å². The lowest BCUT2D eigenvalue weighted by Crippen LogP contribution is -2.19. The Hall–Kier alpha value is -4.66. The number of fused-ring (bicyclic) bond motifs is 2. The molecule has 9 heteroatoms. The van der Waals surface area contributed by atoms with E-state index < -0.39 is 0 Å². The summed E-state index contributed by atoms with van der Waals surface area (Å²) in [5.41, 5.74) is 6.50. The van der Waals surface area contributed by atoms with Crippen LogP contribution in [0.1, 0.15) is 11.5 Å². The van der Waals surface area contributed by atoms with Crippen molar-refractivity contribution in [2.24, 2.45) is 4.99 Å². The van der Waals surface area contributed by atoms with E-state index in [1.807, 2.05) is 30.3 Å². The van der Waals surface area contributed by atoms with Gasteiger partial charge < -0.3 is 15.0 Å². The van der Waals surface area contributed by atoms with Crippen LogP contribution in [0.5, 0.6) is 5.75 Å². The number of methoxy groups -OCH3 is 1. The van der Waals surface area contributed by atoms with E-state index >= 15 is 0 Å². The first-order valence-electron chi connectivity index (χ1n) is 10.6. The first-order chi connectivity index (χ1) is 16.7. The number of halogens is 1. The summed E-state index contributed by atoms with van der Waals surface area (Å²) in [5.74, 6) is 0.650. The SMILES string of the molecule is COc1cc(F)cc(-c2cccc3[nH]c(C4=NCNc5ccc(-c6cnccn6)nc54)nc23)c1. The fourth-order valence-corrected chi connectivity index (χ4v) is 4.04. The second-order valence-corrected chi connectivity index (χ2v) is 7.69. The number of benzene rings is 2. The normalized spacial score (nSPS) is 12.7. The average Bonchev–Trinajstić information content (AvgIpc) is 3.32. The molecule has 1 aliphatic heterocycles. The summed E-state index contributed by atoms with van der Waals surface area (Å²) in [6.45, 7) is 0.402. The van der Waals surface area contributed by atoms with Crippen molar-refractivity contribution in [3.63, 3.8) is 0 Å². The molecule has 0 saturated carbocycles. The van der Waals surface area contributed by atoms with Gasteiger partial charge in [0.2, 0.25) is 0 Å². The molecule has 0 unspecified atom stereocenters. The number of aromatic nitrogens is 5. The molecule has 0 saturated heterocycles. The lowest BCUT2D eigenvalue weighted by molar-refractivity contribution is 0.411. The highest BCUT2D eigenvalue weighted by molar-refractivity contribution is 6.15. The minimum absolute atomic E-state index is 0.375. The molecule has 0 fully saturated rings. The molecular weight excluding hydrogens is 433 g/mol. The van der Waals surface area contributed by atoms with Gasteiger partial charge in [-0.2, -0.15) is 0 Å². The second-order valence-electron chi connectivity index (χ2n) is 7.69. The summed E-state index contributed by atoms with van der Waals surface area (Å²) in [7, 11) is 1.51. The smallest absolute Gasteiger partial charge is 0.159 e. The molecule has 0 radical (unpaired) electrons. The predicted octanol–water partition coefficient (Wildman–Crippen LogP) is 4.45. The molecule has 5 aromatic rings. The van der Waals surface area contributed by atoms with Crippen LogP contribution in [0.3, 0.4) is 0 Å². The molecule has 0 amide bonds. The number of imidazole rings is 1. The van der Waals surface area contributed by atoms with Crippen molar-refractivity contribution in [2.75, 3.05) is 19.1 Å². The maximum absolute atomic E-state index is 14.2. The standard InChI is InChI=1S/C25H18FN7O/c1-34-16-10-14(9-15(26)11-16)17-3-2-4-20-22(17)33-25(32-20)24-23-19(29-13-30-24)6-5-18(31-23)21-12-27-7-8-28-21/h2-12,29H,13H2,1H3,(H,32,33). The molecule has 4 heterocycles. The number of nitrogens with one attached hydrogen (secondary N) is 2. The summed E-state index contributed by atoms with van der Waals surface area (Å²) in [5, 5.41) is 3.25. The lowest BCUT2D eigenvalue weighted by atomic mass is 10.0. The van der Waals surface area contributed by atoms with E-state index in [9.17, 15) is 4.39 Å². The fourth-order valence-electron chi connectivity index (χ4n) is 4.04. The van der Waals surface area contributed by atoms with E-state index in [0.29, 0.717) is 52.1 Å². The van der Waals surface area contributed by atoms with Gasteiger partial charge in [-0.05, 0) is 35.9 Å². The lowest BCUT2D eigenvalue weighted by Gasteiger charge is -2.17. The van der Waals surface area contributed by atoms with Crippen LogP contribution < -0.4 is 10.1 Å². The third-order valence-electron chi connectivity index (χ3n) is 5.61. The van der Waals surface area contributed by atoms with Gasteiger partial charge in [-0.3, -0.25) is 15.0 Å². The van der Waals surface area contributed by atoms with Crippen LogP contribution in [-0.4, -0.2) is 44.4 Å². The zero-order valence-electron chi connectivity index (χ0n) is 18.1. The van der Waals surface area contributed by atoms with Crippen molar-refractivity contribution in [2.45, 2.75) is 0 Å². The summed E-state index contributed by atoms with van der Waals surface area (Å²) >= 11 is 0. The van der Waals surface area contributed by atoms with E-state index in [2.05, 4.69) is 25.3 Å². The number of hydrogen-bond donors (Lipinski definition) is 2. The zero-order valence-corrected chi connectivity index (χ0v) is 18.1. The quantitative estimate of drug-likeness (QED) is 0.419. The van der Waals surface area contributed by atoms with Crippen LogP contribution in [0.15, 0.2) is 72.1 Å². The number of H-pyrrole nitrogens is 1. The summed E-state index contributed by atoms with van der Waals surface area (Å²) in [4.78, 5) is 26.1. The largest absolute Gasteiger partial charge is 0.497 e. The van der Waals surface area contributed by atoms with Crippen LogP contribution in [-0.2, 0) is 0 Å². The van der Waals surface area contributed by atoms with Crippen molar-refractivity contribution in [1.82, 2.24) is 24.9 Å². The number of anilines is 1. The van der Waals surface area contributed by atoms with E-state index in [4.69, 9.17) is 14.7 Å². The van der Waals surface area contributed by atoms with Crippen molar-refractivity contribution < 1.29 is 9.13 Å². The molecule has 2 aromatic carbocycles. The van der Waals surface area contributed by atoms with E-state index in [-0.39, 0.29) is 5.82 Å². The topological polar surface area (TPSA) is 101 Å². The molecule has 2 N–H and O–H groups in total. The summed E-state index contributed by atoms with van der Waals surface area (Å²) in [6.07, 6.45) is 4.92. The summed E-state index contributed by atoms with van der Waals surface area (Å²) < 4.78 is 19.4. The Morgan fingerprint density at radius 2 is 1.94 bits per heavy atom. The van der Waals surface area contributed by atoms with Crippen LogP contribution >= 0.6 is 0 Å². The van der Waals surface area contributed by atoms with Gasteiger partial charge in [-0.15, -0.1) is 0 Å². The number of para-hydroxylation sites is 1. The van der Waals surface area contributed by atoms with Gasteiger partial charge in [0.1, 0.15) is 35.3 Å². The number of nitrogens with zero attached hydrogens (tertiary/aromatic N) is 5. The van der Waals surface area contributed by atoms with E-state index in [1.165, 1.54) is 19.2 Å². The number of aliphatic imine (C=N–C) groups is 1. The van der Waals surface area contributed by atoms with Crippen LogP contribution in [0.25, 0.3) is 33.5 Å². The number of pyridine rings is 1. The highest BCUT2D eigenvalue weighted by atomic mass is 19.1. The second kappa shape index (κ2) is 8.04. The molecule has 0 aliphatic carbocycles. The van der Waals surface area contributed by atoms with Gasteiger partial charge in [0.25, 0.3) is 0 Å². The van der Waals surface area contributed by atoms with Crippen LogP contribution in [0.4, 0.5) is 10.1 Å². The molecule has 0 atom stereocenters. The van der Waals surface area contributed by atoms with Crippen molar-refractivity contribution in [3.8, 4) is 28.3 Å². The Bertz CT molecular complexity index is 1560. The minimum Gasteiger partial charge on any atom is -0.497 e. The predicted molar refractivity (Wildman–Crippen MR) is 127 cm³/mol. The van der Waals surface area contributed by atoms with Gasteiger partial charge in [-0.1, -0.05) is 12.1 Å². The highest BCUT2D eigenvalue weighted by Gasteiger charge is 2.22. The van der Waals surface area contributed by atoms with E-state index in [0.717, 1.165) is 16.8 Å². The van der Waals surface area contributed by atoms with Gasteiger partial charge >= 0.3 is 0 Å². The Kier molecular flexibility index (Phi) is 4.72. The van der Waals surface area contributed by atoms with E-state index in [1.54, 1.807) is 24.7 Å². The van der Waals surface area contributed by atoms with Crippen molar-refractivity contribution in [3.05, 3.63) is 84.5 Å². The first kappa shape index (κ1) is 20.0. The highest BCUT2D eigenvalue weighted by Crippen LogP contribution is 2.32. The van der Waals surface area contributed by atoms with Gasteiger partial charge in [0, 0.05) is 24.0 Å². The molecule has 6 rings (SSSR count). The Labute approximate surface area is 193 Å². The minimum atomic E-state index is -0.375. The first-order valence-corrected chi connectivity index (χ1v) is 10.6. The van der Waals surface area contributed by atoms with Crippen molar-refractivity contribution in [1.29, 1.82) is 0 Å². The maximum atomic E-state index is 14.2. The third-order valence-corrected chi connectivity index (χ3v) is 5.61. The summed E-state index contributed by atoms with van der Waals surface area (Å²) in [6, 6.07) is 14.2. The van der Waals surface area contributed by atoms with Crippen molar-refractivity contribution >= 4 is 22.4 Å². The molecular formula is C25H18FN7O. The zero-order chi connectivity index (χ0) is 23.1. The monoisotopic (exact) mass is 451 g/mol. The molecule has 0 bridgehead atoms. The third kappa shape index (κ3) is 3.43. The molecule has 8 nitrogen and oxygen atoms in total. The number of hydrogen-bond acceptors (Lipinski definition) is 7. The Balaban J connectivity index is 1.47. The van der Waals surface area contributed by atoms with Crippen LogP contribution in [0, 0.1) is 5.82 Å². The van der Waals surface area contributed by atoms with Gasteiger partial charge in [0.05, 0.1) is 35.7 Å². The molecule has 166 valence electrons. The fraction of sp³-hybridized carbons (Fsp3) is 0.0800. The van der Waals surface area contributed by atoms with Crippen LogP contribution in [0.2, 0.25) is 0 Å². The molecule has 3 aromatic heterocycles. The van der Waals surface area contributed by atoms with Gasteiger partial charge in [-0.25, -0.2) is 14.4 Å². The maximum Gasteiger partial charge on any atom is 0.159 e. The number of ether oxygens (including phenoxy) is 1. The molecule has 0 spiro atoms. The molecule has 34 heavy (non-hydrogen) atoms. The Morgan fingerprint density at radius 3 is 2.79 bits per heavy atom. The molecule has 1 aliphatic rings. The number of aromatic amines is 1.